The van der Waals surface area contributed by atoms with E-state index in [-0.39, 0.29) is 17.9 Å². The molecule has 0 bridgehead atoms. The highest BCUT2D eigenvalue weighted by Gasteiger charge is 2.26. The number of hydroxylamine groups is 2. The van der Waals surface area contributed by atoms with Gasteiger partial charge in [0.15, 0.2) is 0 Å². The van der Waals surface area contributed by atoms with Crippen molar-refractivity contribution >= 4 is 11.8 Å². The summed E-state index contributed by atoms with van der Waals surface area (Å²) in [5.74, 6) is 0.577. The second-order valence-corrected chi connectivity index (χ2v) is 6.88. The zero-order valence-electron chi connectivity index (χ0n) is 14.7. The van der Waals surface area contributed by atoms with Crippen LogP contribution in [0.25, 0.3) is 0 Å². The molecule has 3 rings (SSSR count). The topological polar surface area (TPSA) is 90.6 Å². The molecule has 2 aliphatic heterocycles. The molecule has 0 radical (unpaired) electrons. The van der Waals surface area contributed by atoms with Gasteiger partial charge in [0.2, 0.25) is 5.91 Å². The minimum Gasteiger partial charge on any atom is -0.353 e. The summed E-state index contributed by atoms with van der Waals surface area (Å²) < 4.78 is 0. The van der Waals surface area contributed by atoms with E-state index in [1.807, 2.05) is 9.96 Å². The Morgan fingerprint density at radius 3 is 2.56 bits per heavy atom. The van der Waals surface area contributed by atoms with Crippen molar-refractivity contribution in [3.63, 3.8) is 0 Å². The first-order chi connectivity index (χ1) is 12.2. The molecule has 2 saturated heterocycles. The van der Waals surface area contributed by atoms with Crippen molar-refractivity contribution in [2.45, 2.75) is 38.1 Å². The number of hydrogen-bond donors (Lipinski definition) is 2. The van der Waals surface area contributed by atoms with Gasteiger partial charge in [0.05, 0.1) is 18.9 Å². The highest BCUT2D eigenvalue weighted by Crippen LogP contribution is 2.21. The molecule has 25 heavy (non-hydrogen) atoms. The Balaban J connectivity index is 1.37. The van der Waals surface area contributed by atoms with Gasteiger partial charge in [-0.1, -0.05) is 0 Å². The lowest BCUT2D eigenvalue weighted by Crippen LogP contribution is -2.47. The minimum absolute atomic E-state index is 0.00318. The van der Waals surface area contributed by atoms with E-state index in [4.69, 9.17) is 4.84 Å². The predicted octanol–water partition coefficient (Wildman–Crippen LogP) is 0.794. The molecule has 0 aliphatic carbocycles. The van der Waals surface area contributed by atoms with E-state index < -0.39 is 0 Å². The fourth-order valence-electron chi connectivity index (χ4n) is 3.62. The summed E-state index contributed by atoms with van der Waals surface area (Å²) in [6, 6.07) is 0.167. The molecule has 1 aromatic rings. The third-order valence-corrected chi connectivity index (χ3v) is 5.20. The lowest BCUT2D eigenvalue weighted by atomic mass is 9.93. The second kappa shape index (κ2) is 8.44. The molecule has 138 valence electrons. The van der Waals surface area contributed by atoms with E-state index >= 15 is 0 Å². The quantitative estimate of drug-likeness (QED) is 0.820. The van der Waals surface area contributed by atoms with Crippen LogP contribution in [0.1, 0.15) is 42.5 Å². The number of amides is 2. The maximum atomic E-state index is 12.3. The number of nitrogens with one attached hydrogen (secondary N) is 2. The first-order valence-corrected chi connectivity index (χ1v) is 9.02. The molecular weight excluding hydrogens is 322 g/mol. The monoisotopic (exact) mass is 349 g/mol. The van der Waals surface area contributed by atoms with Crippen LogP contribution >= 0.6 is 0 Å². The van der Waals surface area contributed by atoms with Crippen LogP contribution in [0.15, 0.2) is 12.4 Å². The molecule has 2 N–H and O–H groups in total. The first-order valence-electron chi connectivity index (χ1n) is 9.02. The Bertz CT molecular complexity index is 561. The van der Waals surface area contributed by atoms with Crippen LogP contribution in [0.3, 0.4) is 0 Å². The van der Waals surface area contributed by atoms with Gasteiger partial charge in [-0.05, 0) is 31.6 Å². The Kier molecular flexibility index (Phi) is 6.04. The van der Waals surface area contributed by atoms with Gasteiger partial charge in [0, 0.05) is 44.8 Å². The molecule has 0 spiro atoms. The maximum absolute atomic E-state index is 12.3. The molecule has 2 aliphatic rings. The van der Waals surface area contributed by atoms with E-state index in [9.17, 15) is 9.59 Å². The molecule has 0 aromatic carbocycles. The van der Waals surface area contributed by atoms with Crippen molar-refractivity contribution in [1.29, 1.82) is 0 Å². The van der Waals surface area contributed by atoms with E-state index in [2.05, 4.69) is 15.5 Å². The average molecular weight is 349 g/mol. The summed E-state index contributed by atoms with van der Waals surface area (Å²) >= 11 is 0. The van der Waals surface area contributed by atoms with Crippen molar-refractivity contribution in [1.82, 2.24) is 25.5 Å². The van der Waals surface area contributed by atoms with Gasteiger partial charge in [0.1, 0.15) is 0 Å². The fraction of sp³-hybridized carbons (Fsp3) is 0.706. The van der Waals surface area contributed by atoms with Gasteiger partial charge in [-0.25, -0.2) is 0 Å². The predicted molar refractivity (Wildman–Crippen MR) is 91.6 cm³/mol. The number of hydrogen-bond acceptors (Lipinski definition) is 5. The Labute approximate surface area is 147 Å². The number of carbonyl (C=O) groups excluding carboxylic acids is 2. The third kappa shape index (κ3) is 4.79. The molecule has 2 fully saturated rings. The molecule has 2 amide bonds. The van der Waals surface area contributed by atoms with Crippen LogP contribution in [-0.2, 0) is 9.63 Å². The third-order valence-electron chi connectivity index (χ3n) is 5.20. The zero-order chi connectivity index (χ0) is 17.6. The van der Waals surface area contributed by atoms with Crippen molar-refractivity contribution < 1.29 is 14.4 Å². The number of likely N-dealkylation sites (tertiary alicyclic amines) is 1. The Morgan fingerprint density at radius 1 is 1.24 bits per heavy atom. The largest absolute Gasteiger partial charge is 0.353 e. The fourth-order valence-corrected chi connectivity index (χ4v) is 3.62. The van der Waals surface area contributed by atoms with Crippen LogP contribution in [0.2, 0.25) is 0 Å². The summed E-state index contributed by atoms with van der Waals surface area (Å²) in [6.07, 6.45) is 7.36. The molecular formula is C17H27N5O3. The highest BCUT2D eigenvalue weighted by atomic mass is 16.7. The molecule has 8 heteroatoms. The number of piperidine rings is 2. The van der Waals surface area contributed by atoms with Gasteiger partial charge in [-0.3, -0.25) is 14.7 Å². The van der Waals surface area contributed by atoms with Crippen LogP contribution in [0.4, 0.5) is 0 Å². The molecule has 0 atom stereocenters. The van der Waals surface area contributed by atoms with Crippen molar-refractivity contribution in [2.24, 2.45) is 5.92 Å². The van der Waals surface area contributed by atoms with Gasteiger partial charge in [-0.2, -0.15) is 10.2 Å². The van der Waals surface area contributed by atoms with Crippen LogP contribution in [0, 0.1) is 5.92 Å². The average Bonchev–Trinajstić information content (AvgIpc) is 3.17. The first kappa shape index (κ1) is 17.9. The van der Waals surface area contributed by atoms with Crippen molar-refractivity contribution in [3.05, 3.63) is 18.0 Å². The second-order valence-electron chi connectivity index (χ2n) is 6.88. The number of aromatic nitrogens is 2. The van der Waals surface area contributed by atoms with Gasteiger partial charge < -0.3 is 15.1 Å². The number of rotatable bonds is 5. The summed E-state index contributed by atoms with van der Waals surface area (Å²) in [6.45, 7) is 3.12. The van der Waals surface area contributed by atoms with E-state index in [0.29, 0.717) is 31.0 Å². The number of aromatic amines is 1. The van der Waals surface area contributed by atoms with Crippen molar-refractivity contribution in [2.75, 3.05) is 33.3 Å². The summed E-state index contributed by atoms with van der Waals surface area (Å²) in [4.78, 5) is 31.6. The van der Waals surface area contributed by atoms with Gasteiger partial charge >= 0.3 is 0 Å². The Morgan fingerprint density at radius 2 is 1.96 bits per heavy atom. The minimum atomic E-state index is 0.00318. The lowest BCUT2D eigenvalue weighted by Gasteiger charge is -2.33. The van der Waals surface area contributed by atoms with Gasteiger partial charge in [0.25, 0.3) is 5.91 Å². The standard InChI is InChI=1S/C17H27N5O3/c1-25-22-8-2-13(3-9-22)10-16(23)20-15-4-6-21(7-5-15)17(24)14-11-18-19-12-14/h11-13,15H,2-10H2,1H3,(H,18,19)(H,20,23). The molecule has 0 saturated carbocycles. The van der Waals surface area contributed by atoms with E-state index in [1.165, 1.54) is 0 Å². The summed E-state index contributed by atoms with van der Waals surface area (Å²) in [5, 5.41) is 11.6. The van der Waals surface area contributed by atoms with E-state index in [0.717, 1.165) is 38.8 Å². The SMILES string of the molecule is CON1CCC(CC(=O)NC2CCN(C(=O)c3cn[nH]c3)CC2)CC1. The lowest BCUT2D eigenvalue weighted by molar-refractivity contribution is -0.150. The smallest absolute Gasteiger partial charge is 0.257 e. The van der Waals surface area contributed by atoms with Crippen LogP contribution in [-0.4, -0.2) is 71.3 Å². The van der Waals surface area contributed by atoms with Crippen molar-refractivity contribution in [3.8, 4) is 0 Å². The number of H-pyrrole nitrogens is 1. The van der Waals surface area contributed by atoms with E-state index in [1.54, 1.807) is 19.5 Å². The number of carbonyl (C=O) groups is 2. The molecule has 0 unspecified atom stereocenters. The normalized spacial score (nSPS) is 20.6. The van der Waals surface area contributed by atoms with Crippen LogP contribution in [0.5, 0.6) is 0 Å². The highest BCUT2D eigenvalue weighted by molar-refractivity contribution is 5.93. The molecule has 8 nitrogen and oxygen atoms in total. The molecule has 1 aromatic heterocycles. The number of nitrogens with zero attached hydrogens (tertiary/aromatic N) is 3. The zero-order valence-corrected chi connectivity index (χ0v) is 14.7. The maximum Gasteiger partial charge on any atom is 0.257 e. The molecule has 3 heterocycles. The van der Waals surface area contributed by atoms with Crippen LogP contribution < -0.4 is 5.32 Å². The summed E-state index contributed by atoms with van der Waals surface area (Å²) in [5.41, 5.74) is 0.588. The Hall–Kier alpha value is -1.93. The van der Waals surface area contributed by atoms with Gasteiger partial charge in [-0.15, -0.1) is 0 Å². The summed E-state index contributed by atoms with van der Waals surface area (Å²) in [7, 11) is 1.69.